The number of aromatic nitrogens is 1. The number of aryl methyl sites for hydroxylation is 2. The normalized spacial score (nSPS) is 14.0. The summed E-state index contributed by atoms with van der Waals surface area (Å²) in [4.78, 5) is 17.7. The zero-order valence-electron chi connectivity index (χ0n) is 16.7. The molecule has 2 aromatic heterocycles. The van der Waals surface area contributed by atoms with Gasteiger partial charge in [-0.2, -0.15) is 0 Å². The van der Waals surface area contributed by atoms with Crippen molar-refractivity contribution in [2.75, 3.05) is 19.6 Å². The topological polar surface area (TPSA) is 58.4 Å². The highest BCUT2D eigenvalue weighted by atomic mass is 32.2. The summed E-state index contributed by atoms with van der Waals surface area (Å²) >= 11 is 3.50. The van der Waals surface area contributed by atoms with Gasteiger partial charge in [0.1, 0.15) is 5.76 Å². The van der Waals surface area contributed by atoms with Crippen molar-refractivity contribution in [2.24, 2.45) is 0 Å². The number of rotatable bonds is 7. The first kappa shape index (κ1) is 20.2. The van der Waals surface area contributed by atoms with Crippen molar-refractivity contribution in [3.05, 3.63) is 68.7 Å². The molecule has 0 bridgehead atoms. The van der Waals surface area contributed by atoms with Crippen LogP contribution >= 0.6 is 23.1 Å². The molecule has 5 nitrogen and oxygen atoms in total. The molecule has 0 unspecified atom stereocenters. The fraction of sp³-hybridized carbons (Fsp3) is 0.364. The third kappa shape index (κ3) is 4.74. The summed E-state index contributed by atoms with van der Waals surface area (Å²) in [6.45, 7) is 7.45. The van der Waals surface area contributed by atoms with Crippen molar-refractivity contribution in [1.82, 2.24) is 15.4 Å². The second kappa shape index (κ2) is 9.15. The molecule has 0 spiro atoms. The number of fused-ring (bicyclic) bond motifs is 1. The van der Waals surface area contributed by atoms with Crippen molar-refractivity contribution in [1.29, 1.82) is 0 Å². The molecule has 4 rings (SSSR count). The smallest absolute Gasteiger partial charge is 0.252 e. The van der Waals surface area contributed by atoms with Crippen LogP contribution in [0.1, 0.15) is 37.8 Å². The van der Waals surface area contributed by atoms with Crippen molar-refractivity contribution >= 4 is 29.0 Å². The van der Waals surface area contributed by atoms with E-state index in [-0.39, 0.29) is 5.91 Å². The van der Waals surface area contributed by atoms with Crippen LogP contribution in [-0.2, 0) is 18.7 Å². The van der Waals surface area contributed by atoms with Gasteiger partial charge in [0.25, 0.3) is 5.91 Å². The minimum atomic E-state index is -0.0138. The first-order valence-corrected chi connectivity index (χ1v) is 11.7. The maximum atomic E-state index is 12.8. The van der Waals surface area contributed by atoms with E-state index in [0.29, 0.717) is 6.54 Å². The molecule has 3 aromatic rings. The molecule has 1 aliphatic rings. The number of carbonyl (C=O) groups excluding carboxylic acids is 1. The van der Waals surface area contributed by atoms with Gasteiger partial charge in [0.05, 0.1) is 11.3 Å². The number of hydrogen-bond donors (Lipinski definition) is 1. The monoisotopic (exact) mass is 427 g/mol. The molecule has 1 amide bonds. The van der Waals surface area contributed by atoms with Gasteiger partial charge in [-0.1, -0.05) is 17.3 Å². The van der Waals surface area contributed by atoms with E-state index >= 15 is 0 Å². The lowest BCUT2D eigenvalue weighted by atomic mass is 10.1. The fourth-order valence-electron chi connectivity index (χ4n) is 3.56. The Balaban J connectivity index is 1.32. The Hall–Kier alpha value is -2.09. The van der Waals surface area contributed by atoms with E-state index in [2.05, 4.69) is 26.8 Å². The predicted octanol–water partition coefficient (Wildman–Crippen LogP) is 4.43. The molecule has 29 heavy (non-hydrogen) atoms. The molecular formula is C22H25N3O2S2. The molecular weight excluding hydrogens is 402 g/mol. The summed E-state index contributed by atoms with van der Waals surface area (Å²) in [6, 6.07) is 10.00. The fourth-order valence-corrected chi connectivity index (χ4v) is 5.65. The average molecular weight is 428 g/mol. The van der Waals surface area contributed by atoms with Gasteiger partial charge in [-0.05, 0) is 49.4 Å². The molecule has 0 saturated heterocycles. The number of nitrogens with one attached hydrogen (secondary N) is 1. The van der Waals surface area contributed by atoms with E-state index < -0.39 is 0 Å². The average Bonchev–Trinajstić information content (AvgIpc) is 3.32. The summed E-state index contributed by atoms with van der Waals surface area (Å²) in [5.41, 5.74) is 4.17. The summed E-state index contributed by atoms with van der Waals surface area (Å²) in [5.74, 6) is 1.56. The molecule has 0 fully saturated rings. The highest BCUT2D eigenvalue weighted by Gasteiger charge is 2.18. The Morgan fingerprint density at radius 1 is 1.31 bits per heavy atom. The predicted molar refractivity (Wildman–Crippen MR) is 118 cm³/mol. The SMILES string of the molecule is Cc1noc(C)c1CSc1ccccc1C(=O)NCCN1CCc2sccc2C1. The Labute approximate surface area is 179 Å². The number of nitrogens with zero attached hydrogens (tertiary/aromatic N) is 2. The summed E-state index contributed by atoms with van der Waals surface area (Å²) in [6.07, 6.45) is 1.11. The Bertz CT molecular complexity index is 976. The molecule has 0 aliphatic carbocycles. The zero-order chi connectivity index (χ0) is 20.2. The van der Waals surface area contributed by atoms with Crippen molar-refractivity contribution in [2.45, 2.75) is 37.5 Å². The van der Waals surface area contributed by atoms with Gasteiger partial charge in [-0.15, -0.1) is 23.1 Å². The number of amides is 1. The van der Waals surface area contributed by atoms with Crippen molar-refractivity contribution in [3.8, 4) is 0 Å². The van der Waals surface area contributed by atoms with E-state index in [0.717, 1.165) is 59.3 Å². The maximum Gasteiger partial charge on any atom is 0.252 e. The molecule has 152 valence electrons. The van der Waals surface area contributed by atoms with Crippen molar-refractivity contribution in [3.63, 3.8) is 0 Å². The second-order valence-electron chi connectivity index (χ2n) is 7.24. The third-order valence-electron chi connectivity index (χ3n) is 5.29. The number of thiophene rings is 1. The number of hydrogen-bond acceptors (Lipinski definition) is 6. The standard InChI is InChI=1S/C22H25N3O2S2/c1-15-19(16(2)27-24-15)14-29-21-6-4-3-5-18(21)22(26)23-9-11-25-10-7-20-17(13-25)8-12-28-20/h3-6,8,12H,7,9-11,13-14H2,1-2H3,(H,23,26). The van der Waals surface area contributed by atoms with E-state index in [1.165, 1.54) is 10.4 Å². The minimum absolute atomic E-state index is 0.0138. The molecule has 0 atom stereocenters. The zero-order valence-corrected chi connectivity index (χ0v) is 18.4. The first-order valence-electron chi connectivity index (χ1n) is 9.81. The van der Waals surface area contributed by atoms with Gasteiger partial charge in [-0.25, -0.2) is 0 Å². The molecule has 7 heteroatoms. The van der Waals surface area contributed by atoms with E-state index in [1.54, 1.807) is 11.8 Å². The third-order valence-corrected chi connectivity index (χ3v) is 7.41. The van der Waals surface area contributed by atoms with Crippen LogP contribution in [0.4, 0.5) is 0 Å². The highest BCUT2D eigenvalue weighted by Crippen LogP contribution is 2.29. The summed E-state index contributed by atoms with van der Waals surface area (Å²) in [7, 11) is 0. The second-order valence-corrected chi connectivity index (χ2v) is 9.26. The lowest BCUT2D eigenvalue weighted by Gasteiger charge is -2.26. The van der Waals surface area contributed by atoms with Crippen LogP contribution in [0.2, 0.25) is 0 Å². The molecule has 3 heterocycles. The van der Waals surface area contributed by atoms with Crippen LogP contribution in [-0.4, -0.2) is 35.6 Å². The molecule has 1 aromatic carbocycles. The van der Waals surface area contributed by atoms with Gasteiger partial charge >= 0.3 is 0 Å². The van der Waals surface area contributed by atoms with Gasteiger partial charge < -0.3 is 9.84 Å². The molecule has 0 saturated carbocycles. The minimum Gasteiger partial charge on any atom is -0.361 e. The summed E-state index contributed by atoms with van der Waals surface area (Å²) in [5, 5.41) is 9.28. The molecule has 1 aliphatic heterocycles. The quantitative estimate of drug-likeness (QED) is 0.565. The summed E-state index contributed by atoms with van der Waals surface area (Å²) < 4.78 is 5.24. The van der Waals surface area contributed by atoms with Crippen LogP contribution in [0.25, 0.3) is 0 Å². The first-order chi connectivity index (χ1) is 14.1. The van der Waals surface area contributed by atoms with Crippen LogP contribution in [0.5, 0.6) is 0 Å². The van der Waals surface area contributed by atoms with Crippen LogP contribution in [0.3, 0.4) is 0 Å². The van der Waals surface area contributed by atoms with Gasteiger partial charge in [0.2, 0.25) is 0 Å². The largest absolute Gasteiger partial charge is 0.361 e. The number of thioether (sulfide) groups is 1. The Morgan fingerprint density at radius 2 is 2.17 bits per heavy atom. The highest BCUT2D eigenvalue weighted by molar-refractivity contribution is 7.98. The van der Waals surface area contributed by atoms with E-state index in [1.807, 2.05) is 49.4 Å². The van der Waals surface area contributed by atoms with E-state index in [4.69, 9.17) is 4.52 Å². The van der Waals surface area contributed by atoms with Gasteiger partial charge in [0.15, 0.2) is 0 Å². The van der Waals surface area contributed by atoms with Gasteiger partial charge in [0, 0.05) is 47.3 Å². The van der Waals surface area contributed by atoms with Crippen LogP contribution in [0.15, 0.2) is 45.1 Å². The Kier molecular flexibility index (Phi) is 6.37. The van der Waals surface area contributed by atoms with Crippen molar-refractivity contribution < 1.29 is 9.32 Å². The molecule has 1 N–H and O–H groups in total. The van der Waals surface area contributed by atoms with Crippen LogP contribution in [0, 0.1) is 13.8 Å². The number of carbonyl (C=O) groups is 1. The molecule has 0 radical (unpaired) electrons. The Morgan fingerprint density at radius 3 is 3.00 bits per heavy atom. The lowest BCUT2D eigenvalue weighted by Crippen LogP contribution is -2.37. The van der Waals surface area contributed by atoms with Crippen LogP contribution < -0.4 is 5.32 Å². The lowest BCUT2D eigenvalue weighted by molar-refractivity contribution is 0.0944. The van der Waals surface area contributed by atoms with E-state index in [9.17, 15) is 4.79 Å². The maximum absolute atomic E-state index is 12.8. The number of benzene rings is 1. The van der Waals surface area contributed by atoms with Gasteiger partial charge in [-0.3, -0.25) is 9.69 Å².